The van der Waals surface area contributed by atoms with Crippen molar-refractivity contribution in [1.29, 1.82) is 0 Å². The minimum absolute atomic E-state index is 0.411. The Labute approximate surface area is 61.5 Å². The van der Waals surface area contributed by atoms with Gasteiger partial charge < -0.3 is 15.3 Å². The second-order valence-corrected chi connectivity index (χ2v) is 2.19. The molecule has 2 N–H and O–H groups in total. The van der Waals surface area contributed by atoms with E-state index in [0.29, 0.717) is 6.04 Å². The fraction of sp³-hybridized carbons (Fsp3) is 0.857. The van der Waals surface area contributed by atoms with Crippen LogP contribution in [0.1, 0.15) is 19.8 Å². The number of nitrogens with two attached hydrogens (primary N) is 1. The fourth-order valence-electron chi connectivity index (χ4n) is 0.716. The van der Waals surface area contributed by atoms with Crippen molar-refractivity contribution in [3.05, 3.63) is 0 Å². The maximum absolute atomic E-state index is 8.81. The number of carbonyl (C=O) groups excluding carboxylic acids is 1. The van der Waals surface area contributed by atoms with E-state index < -0.39 is 0 Å². The Bertz CT molecular complexity index is 79.7. The van der Waals surface area contributed by atoms with Gasteiger partial charge in [-0.1, -0.05) is 0 Å². The second-order valence-electron chi connectivity index (χ2n) is 2.19. The van der Waals surface area contributed by atoms with Crippen molar-refractivity contribution in [3.63, 3.8) is 0 Å². The number of rotatable bonds is 0. The Hall–Kier alpha value is -0.410. The summed E-state index contributed by atoms with van der Waals surface area (Å²) in [6.45, 7) is 3.17. The van der Waals surface area contributed by atoms with E-state index in [1.54, 1.807) is 0 Å². The zero-order valence-electron chi connectivity index (χ0n) is 6.38. The SMILES string of the molecule is CC=O.NC1CCOCC1. The lowest BCUT2D eigenvalue weighted by molar-refractivity contribution is -0.106. The fourth-order valence-corrected chi connectivity index (χ4v) is 0.716. The standard InChI is InChI=1S/C5H11NO.C2H4O/c6-5-1-3-7-4-2-5;1-2-3/h5H,1-4,6H2;2H,1H3. The molecule has 0 atom stereocenters. The van der Waals surface area contributed by atoms with Gasteiger partial charge in [0.1, 0.15) is 6.29 Å². The van der Waals surface area contributed by atoms with E-state index in [1.807, 2.05) is 0 Å². The highest BCUT2D eigenvalue weighted by Gasteiger charge is 2.06. The van der Waals surface area contributed by atoms with E-state index in [0.717, 1.165) is 32.3 Å². The zero-order valence-corrected chi connectivity index (χ0v) is 6.38. The topological polar surface area (TPSA) is 52.3 Å². The van der Waals surface area contributed by atoms with E-state index >= 15 is 0 Å². The zero-order chi connectivity index (χ0) is 7.82. The first kappa shape index (κ1) is 9.59. The normalized spacial score (nSPS) is 19.0. The van der Waals surface area contributed by atoms with Crippen LogP contribution in [0.3, 0.4) is 0 Å². The number of hydrogen-bond acceptors (Lipinski definition) is 3. The van der Waals surface area contributed by atoms with Crippen molar-refractivity contribution in [2.24, 2.45) is 5.73 Å². The predicted molar refractivity (Wildman–Crippen MR) is 39.8 cm³/mol. The third kappa shape index (κ3) is 5.72. The molecule has 0 aromatic carbocycles. The van der Waals surface area contributed by atoms with Crippen LogP contribution in [0.5, 0.6) is 0 Å². The number of hydrogen-bond donors (Lipinski definition) is 1. The van der Waals surface area contributed by atoms with Gasteiger partial charge in [-0.15, -0.1) is 0 Å². The summed E-state index contributed by atoms with van der Waals surface area (Å²) < 4.78 is 5.06. The molecule has 0 saturated carbocycles. The smallest absolute Gasteiger partial charge is 0.116 e. The van der Waals surface area contributed by atoms with Crippen molar-refractivity contribution < 1.29 is 9.53 Å². The highest BCUT2D eigenvalue weighted by atomic mass is 16.5. The van der Waals surface area contributed by atoms with Crippen LogP contribution in [0.2, 0.25) is 0 Å². The van der Waals surface area contributed by atoms with Gasteiger partial charge in [-0.25, -0.2) is 0 Å². The molecule has 1 fully saturated rings. The third-order valence-corrected chi connectivity index (χ3v) is 1.27. The minimum atomic E-state index is 0.411. The molecule has 3 heteroatoms. The van der Waals surface area contributed by atoms with Crippen molar-refractivity contribution in [2.45, 2.75) is 25.8 Å². The summed E-state index contributed by atoms with van der Waals surface area (Å²) in [4.78, 5) is 8.81. The van der Waals surface area contributed by atoms with Gasteiger partial charge in [-0.3, -0.25) is 0 Å². The van der Waals surface area contributed by atoms with Gasteiger partial charge in [0.15, 0.2) is 0 Å². The molecule has 1 heterocycles. The van der Waals surface area contributed by atoms with E-state index in [-0.39, 0.29) is 0 Å². The molecule has 0 aliphatic carbocycles. The summed E-state index contributed by atoms with van der Waals surface area (Å²) in [6.07, 6.45) is 2.83. The number of aldehydes is 1. The molecular formula is C7H15NO2. The largest absolute Gasteiger partial charge is 0.381 e. The molecule has 0 amide bonds. The molecule has 1 aliphatic heterocycles. The summed E-state index contributed by atoms with van der Waals surface area (Å²) >= 11 is 0. The minimum Gasteiger partial charge on any atom is -0.381 e. The first-order chi connectivity index (χ1) is 4.81. The summed E-state index contributed by atoms with van der Waals surface area (Å²) in [6, 6.07) is 0.411. The van der Waals surface area contributed by atoms with Gasteiger partial charge in [0.05, 0.1) is 0 Å². The molecule has 0 bridgehead atoms. The molecule has 0 aromatic rings. The summed E-state index contributed by atoms with van der Waals surface area (Å²) in [5.74, 6) is 0. The van der Waals surface area contributed by atoms with Crippen molar-refractivity contribution in [1.82, 2.24) is 0 Å². The Kier molecular flexibility index (Phi) is 6.43. The quantitative estimate of drug-likeness (QED) is 0.500. The molecule has 1 aliphatic rings. The average molecular weight is 145 g/mol. The van der Waals surface area contributed by atoms with Gasteiger partial charge in [0, 0.05) is 19.3 Å². The molecule has 0 spiro atoms. The summed E-state index contributed by atoms with van der Waals surface area (Å²) in [5.41, 5.74) is 5.55. The first-order valence-electron chi connectivity index (χ1n) is 3.54. The Morgan fingerprint density at radius 2 is 1.90 bits per heavy atom. The van der Waals surface area contributed by atoms with Crippen LogP contribution in [-0.4, -0.2) is 25.5 Å². The van der Waals surface area contributed by atoms with Crippen molar-refractivity contribution in [3.8, 4) is 0 Å². The molecule has 1 saturated heterocycles. The maximum atomic E-state index is 8.81. The van der Waals surface area contributed by atoms with Gasteiger partial charge in [0.2, 0.25) is 0 Å². The van der Waals surface area contributed by atoms with Gasteiger partial charge >= 0.3 is 0 Å². The van der Waals surface area contributed by atoms with Crippen molar-refractivity contribution in [2.75, 3.05) is 13.2 Å². The van der Waals surface area contributed by atoms with Gasteiger partial charge in [0.25, 0.3) is 0 Å². The molecular weight excluding hydrogens is 130 g/mol. The van der Waals surface area contributed by atoms with Crippen LogP contribution in [0.15, 0.2) is 0 Å². The molecule has 10 heavy (non-hydrogen) atoms. The van der Waals surface area contributed by atoms with Crippen LogP contribution in [0.25, 0.3) is 0 Å². The van der Waals surface area contributed by atoms with Gasteiger partial charge in [-0.2, -0.15) is 0 Å². The van der Waals surface area contributed by atoms with Crippen LogP contribution < -0.4 is 5.73 Å². The molecule has 0 unspecified atom stereocenters. The van der Waals surface area contributed by atoms with E-state index in [1.165, 1.54) is 6.92 Å². The van der Waals surface area contributed by atoms with Crippen molar-refractivity contribution >= 4 is 6.29 Å². The summed E-state index contributed by atoms with van der Waals surface area (Å²) in [7, 11) is 0. The predicted octanol–water partition coefficient (Wildman–Crippen LogP) is 0.329. The van der Waals surface area contributed by atoms with E-state index in [2.05, 4.69) is 0 Å². The Morgan fingerprint density at radius 1 is 1.50 bits per heavy atom. The van der Waals surface area contributed by atoms with E-state index in [4.69, 9.17) is 15.3 Å². The number of ether oxygens (including phenoxy) is 1. The second kappa shape index (κ2) is 6.71. The lowest BCUT2D eigenvalue weighted by atomic mass is 10.1. The third-order valence-electron chi connectivity index (χ3n) is 1.27. The first-order valence-corrected chi connectivity index (χ1v) is 3.54. The van der Waals surface area contributed by atoms with Crippen LogP contribution in [0.4, 0.5) is 0 Å². The Morgan fingerprint density at radius 3 is 2.10 bits per heavy atom. The molecule has 0 aromatic heterocycles. The molecule has 3 nitrogen and oxygen atoms in total. The highest BCUT2D eigenvalue weighted by Crippen LogP contribution is 2.01. The molecule has 60 valence electrons. The lowest BCUT2D eigenvalue weighted by Gasteiger charge is -2.16. The van der Waals surface area contributed by atoms with E-state index in [9.17, 15) is 0 Å². The van der Waals surface area contributed by atoms with Crippen LogP contribution in [-0.2, 0) is 9.53 Å². The highest BCUT2D eigenvalue weighted by molar-refractivity contribution is 5.44. The summed E-state index contributed by atoms with van der Waals surface area (Å²) in [5, 5.41) is 0. The molecule has 0 radical (unpaired) electrons. The molecule has 1 rings (SSSR count). The Balaban J connectivity index is 0.000000236. The van der Waals surface area contributed by atoms with Gasteiger partial charge in [-0.05, 0) is 19.8 Å². The maximum Gasteiger partial charge on any atom is 0.116 e. The monoisotopic (exact) mass is 145 g/mol. The average Bonchev–Trinajstić information content (AvgIpc) is 1.91. The lowest BCUT2D eigenvalue weighted by Crippen LogP contribution is -2.28. The number of carbonyl (C=O) groups is 1. The van der Waals surface area contributed by atoms with Crippen LogP contribution in [0, 0.1) is 0 Å². The van der Waals surface area contributed by atoms with Crippen LogP contribution >= 0.6 is 0 Å².